The zero-order valence-electron chi connectivity index (χ0n) is 10.6. The van der Waals surface area contributed by atoms with E-state index in [4.69, 9.17) is 4.74 Å². The summed E-state index contributed by atoms with van der Waals surface area (Å²) in [5, 5.41) is 0. The Labute approximate surface area is 114 Å². The molecule has 5 heteroatoms. The Bertz CT molecular complexity index is 645. The molecule has 1 aliphatic heterocycles. The molecular formula is C15H12F3NO. The number of ether oxygens (including phenoxy) is 1. The van der Waals surface area contributed by atoms with Crippen LogP contribution in [0.15, 0.2) is 30.5 Å². The average Bonchev–Trinajstić information content (AvgIpc) is 2.46. The molecule has 1 aromatic heterocycles. The van der Waals surface area contributed by atoms with Crippen LogP contribution in [0.1, 0.15) is 12.0 Å². The second kappa shape index (κ2) is 5.15. The van der Waals surface area contributed by atoms with Crippen molar-refractivity contribution in [3.05, 3.63) is 47.7 Å². The molecule has 0 aliphatic carbocycles. The van der Waals surface area contributed by atoms with Gasteiger partial charge in [-0.05, 0) is 36.6 Å². The first-order chi connectivity index (χ1) is 9.69. The summed E-state index contributed by atoms with van der Waals surface area (Å²) in [5.41, 5.74) is 1.65. The van der Waals surface area contributed by atoms with Crippen molar-refractivity contribution in [2.75, 3.05) is 6.67 Å². The number of pyridine rings is 1. The maximum atomic E-state index is 13.9. The first kappa shape index (κ1) is 13.0. The molecule has 0 spiro atoms. The van der Waals surface area contributed by atoms with Crippen LogP contribution in [0.5, 0.6) is 5.88 Å². The Balaban J connectivity index is 2.07. The Kier molecular flexibility index (Phi) is 3.34. The molecule has 2 aromatic rings. The highest BCUT2D eigenvalue weighted by Crippen LogP contribution is 2.35. The quantitative estimate of drug-likeness (QED) is 0.836. The lowest BCUT2D eigenvalue weighted by atomic mass is 9.95. The minimum Gasteiger partial charge on any atom is -0.471 e. The van der Waals surface area contributed by atoms with E-state index in [1.807, 2.05) is 0 Å². The van der Waals surface area contributed by atoms with Crippen LogP contribution in [0.25, 0.3) is 11.1 Å². The Morgan fingerprint density at radius 2 is 2.05 bits per heavy atom. The molecule has 1 unspecified atom stereocenters. The highest BCUT2D eigenvalue weighted by atomic mass is 19.1. The normalized spacial score (nSPS) is 17.4. The summed E-state index contributed by atoms with van der Waals surface area (Å²) in [4.78, 5) is 4.07. The lowest BCUT2D eigenvalue weighted by Crippen LogP contribution is -2.25. The van der Waals surface area contributed by atoms with E-state index in [-0.39, 0.29) is 0 Å². The number of nitrogens with zero attached hydrogens (tertiary/aromatic N) is 1. The molecule has 1 aromatic carbocycles. The number of halogens is 3. The Morgan fingerprint density at radius 3 is 2.80 bits per heavy atom. The summed E-state index contributed by atoms with van der Waals surface area (Å²) in [6, 6.07) is 5.10. The molecule has 0 N–H and O–H groups in total. The fourth-order valence-corrected chi connectivity index (χ4v) is 2.41. The first-order valence-corrected chi connectivity index (χ1v) is 6.35. The summed E-state index contributed by atoms with van der Waals surface area (Å²) < 4.78 is 44.9. The smallest absolute Gasteiger partial charge is 0.217 e. The molecule has 1 atom stereocenters. The third-order valence-electron chi connectivity index (χ3n) is 3.40. The van der Waals surface area contributed by atoms with Crippen LogP contribution >= 0.6 is 0 Å². The van der Waals surface area contributed by atoms with Crippen LogP contribution in [0.3, 0.4) is 0 Å². The Morgan fingerprint density at radius 1 is 1.20 bits per heavy atom. The SMILES string of the molecule is FCC1CCc2c(-c3ccc(F)cc3F)ccnc2O1. The fraction of sp³-hybridized carbons (Fsp3) is 0.267. The van der Waals surface area contributed by atoms with Crippen LogP contribution < -0.4 is 4.74 Å². The molecular weight excluding hydrogens is 267 g/mol. The lowest BCUT2D eigenvalue weighted by molar-refractivity contribution is 0.134. The van der Waals surface area contributed by atoms with Crippen molar-refractivity contribution in [1.82, 2.24) is 4.98 Å². The second-order valence-corrected chi connectivity index (χ2v) is 4.70. The van der Waals surface area contributed by atoms with E-state index in [0.717, 1.165) is 11.6 Å². The molecule has 3 rings (SSSR count). The van der Waals surface area contributed by atoms with E-state index in [0.29, 0.717) is 29.8 Å². The van der Waals surface area contributed by atoms with Crippen LogP contribution in [0.4, 0.5) is 13.2 Å². The predicted octanol–water partition coefficient (Wildman–Crippen LogP) is 3.69. The van der Waals surface area contributed by atoms with Crippen LogP contribution in [0.2, 0.25) is 0 Å². The van der Waals surface area contributed by atoms with E-state index in [2.05, 4.69) is 4.98 Å². The predicted molar refractivity (Wildman–Crippen MR) is 68.3 cm³/mol. The van der Waals surface area contributed by atoms with Gasteiger partial charge >= 0.3 is 0 Å². The zero-order chi connectivity index (χ0) is 14.1. The van der Waals surface area contributed by atoms with Crippen molar-refractivity contribution in [3.8, 4) is 17.0 Å². The third kappa shape index (κ3) is 2.24. The average molecular weight is 279 g/mol. The second-order valence-electron chi connectivity index (χ2n) is 4.70. The van der Waals surface area contributed by atoms with E-state index in [1.165, 1.54) is 18.3 Å². The van der Waals surface area contributed by atoms with Gasteiger partial charge in [-0.25, -0.2) is 18.2 Å². The number of alkyl halides is 1. The van der Waals surface area contributed by atoms with Gasteiger partial charge in [0.1, 0.15) is 24.4 Å². The van der Waals surface area contributed by atoms with Gasteiger partial charge in [-0.2, -0.15) is 0 Å². The largest absolute Gasteiger partial charge is 0.471 e. The Hall–Kier alpha value is -2.04. The minimum atomic E-state index is -0.633. The lowest BCUT2D eigenvalue weighted by Gasteiger charge is -2.24. The summed E-state index contributed by atoms with van der Waals surface area (Å²) in [6.45, 7) is -0.573. The maximum absolute atomic E-state index is 13.9. The van der Waals surface area contributed by atoms with Crippen molar-refractivity contribution in [2.24, 2.45) is 0 Å². The van der Waals surface area contributed by atoms with Crippen LogP contribution in [-0.4, -0.2) is 17.8 Å². The topological polar surface area (TPSA) is 22.1 Å². The maximum Gasteiger partial charge on any atom is 0.217 e. The first-order valence-electron chi connectivity index (χ1n) is 6.35. The van der Waals surface area contributed by atoms with Crippen molar-refractivity contribution in [1.29, 1.82) is 0 Å². The third-order valence-corrected chi connectivity index (χ3v) is 3.40. The minimum absolute atomic E-state index is 0.298. The van der Waals surface area contributed by atoms with Gasteiger partial charge in [0.2, 0.25) is 5.88 Å². The number of rotatable bonds is 2. The summed E-state index contributed by atoms with van der Waals surface area (Å²) in [7, 11) is 0. The van der Waals surface area contributed by atoms with Gasteiger partial charge in [-0.15, -0.1) is 0 Å². The van der Waals surface area contributed by atoms with Crippen LogP contribution in [-0.2, 0) is 6.42 Å². The van der Waals surface area contributed by atoms with E-state index in [1.54, 1.807) is 6.07 Å². The molecule has 104 valence electrons. The van der Waals surface area contributed by atoms with Crippen LogP contribution in [0, 0.1) is 11.6 Å². The molecule has 1 aliphatic rings. The van der Waals surface area contributed by atoms with Gasteiger partial charge in [0.05, 0.1) is 0 Å². The number of hydrogen-bond acceptors (Lipinski definition) is 2. The van der Waals surface area contributed by atoms with E-state index in [9.17, 15) is 13.2 Å². The van der Waals surface area contributed by atoms with Crippen molar-refractivity contribution in [3.63, 3.8) is 0 Å². The monoisotopic (exact) mass is 279 g/mol. The fourth-order valence-electron chi connectivity index (χ4n) is 2.41. The van der Waals surface area contributed by atoms with E-state index < -0.39 is 24.4 Å². The highest BCUT2D eigenvalue weighted by molar-refractivity contribution is 5.69. The number of benzene rings is 1. The van der Waals surface area contributed by atoms with Gasteiger partial charge in [0, 0.05) is 23.4 Å². The molecule has 20 heavy (non-hydrogen) atoms. The van der Waals surface area contributed by atoms with Gasteiger partial charge in [0.25, 0.3) is 0 Å². The van der Waals surface area contributed by atoms with Crippen molar-refractivity contribution < 1.29 is 17.9 Å². The molecule has 0 saturated heterocycles. The molecule has 0 bridgehead atoms. The van der Waals surface area contributed by atoms with Gasteiger partial charge in [0.15, 0.2) is 0 Å². The molecule has 0 fully saturated rings. The molecule has 0 radical (unpaired) electrons. The molecule has 0 amide bonds. The van der Waals surface area contributed by atoms with Gasteiger partial charge in [-0.3, -0.25) is 0 Å². The van der Waals surface area contributed by atoms with E-state index >= 15 is 0 Å². The summed E-state index contributed by atoms with van der Waals surface area (Å²) in [6.07, 6.45) is 2.07. The van der Waals surface area contributed by atoms with Crippen molar-refractivity contribution in [2.45, 2.75) is 18.9 Å². The van der Waals surface area contributed by atoms with Gasteiger partial charge < -0.3 is 4.74 Å². The molecule has 2 heterocycles. The summed E-state index contributed by atoms with van der Waals surface area (Å²) in [5.74, 6) is -0.922. The zero-order valence-corrected chi connectivity index (χ0v) is 10.6. The van der Waals surface area contributed by atoms with Gasteiger partial charge in [-0.1, -0.05) is 0 Å². The molecule has 0 saturated carbocycles. The number of fused-ring (bicyclic) bond motifs is 1. The number of hydrogen-bond donors (Lipinski definition) is 0. The summed E-state index contributed by atoms with van der Waals surface area (Å²) >= 11 is 0. The standard InChI is InChI=1S/C15H12F3NO/c16-8-10-2-4-13-11(5-6-19-15(13)20-10)12-3-1-9(17)7-14(12)18/h1,3,5-7,10H,2,4,8H2. The number of aromatic nitrogens is 1. The molecule has 2 nitrogen and oxygen atoms in total. The van der Waals surface area contributed by atoms with Crippen molar-refractivity contribution >= 4 is 0 Å². The highest BCUT2D eigenvalue weighted by Gasteiger charge is 2.24.